The highest BCUT2D eigenvalue weighted by molar-refractivity contribution is 5.61. The van der Waals surface area contributed by atoms with Crippen molar-refractivity contribution in [3.8, 4) is 17.1 Å². The summed E-state index contributed by atoms with van der Waals surface area (Å²) in [6.45, 7) is 0.404. The van der Waals surface area contributed by atoms with E-state index in [0.29, 0.717) is 12.4 Å². The molecule has 2 aromatic heterocycles. The van der Waals surface area contributed by atoms with Crippen molar-refractivity contribution in [3.63, 3.8) is 0 Å². The first-order valence-corrected chi connectivity index (χ1v) is 5.62. The molecule has 0 atom stereocenters. The van der Waals surface area contributed by atoms with Gasteiger partial charge in [-0.2, -0.15) is 0 Å². The first-order chi connectivity index (χ1) is 8.79. The molecule has 5 nitrogen and oxygen atoms in total. The number of pyridine rings is 1. The molecule has 0 amide bonds. The van der Waals surface area contributed by atoms with E-state index in [9.17, 15) is 5.11 Å². The van der Waals surface area contributed by atoms with Gasteiger partial charge < -0.3 is 10.8 Å². The highest BCUT2D eigenvalue weighted by atomic mass is 16.3. The van der Waals surface area contributed by atoms with Crippen molar-refractivity contribution in [3.05, 3.63) is 48.2 Å². The molecule has 0 unspecified atom stereocenters. The quantitative estimate of drug-likeness (QED) is 0.712. The number of nitrogens with two attached hydrogens (primary N) is 1. The van der Waals surface area contributed by atoms with Crippen molar-refractivity contribution in [2.45, 2.75) is 6.54 Å². The average molecular weight is 240 g/mol. The summed E-state index contributed by atoms with van der Waals surface area (Å²) in [5.74, 6) is 0.886. The van der Waals surface area contributed by atoms with E-state index < -0.39 is 0 Å². The van der Waals surface area contributed by atoms with Crippen LogP contribution in [0.4, 0.5) is 0 Å². The topological polar surface area (TPSA) is 76.4 Å². The summed E-state index contributed by atoms with van der Waals surface area (Å²) >= 11 is 0. The van der Waals surface area contributed by atoms with Gasteiger partial charge >= 0.3 is 0 Å². The lowest BCUT2D eigenvalue weighted by Crippen LogP contribution is -2.04. The Balaban J connectivity index is 2.30. The van der Waals surface area contributed by atoms with Crippen molar-refractivity contribution >= 4 is 5.65 Å². The van der Waals surface area contributed by atoms with Gasteiger partial charge in [0, 0.05) is 17.8 Å². The third-order valence-electron chi connectivity index (χ3n) is 2.82. The van der Waals surface area contributed by atoms with Crippen LogP contribution >= 0.6 is 0 Å². The minimum absolute atomic E-state index is 0.203. The number of aromatic hydroxyl groups is 1. The van der Waals surface area contributed by atoms with Crippen molar-refractivity contribution in [1.29, 1.82) is 0 Å². The maximum Gasteiger partial charge on any atom is 0.168 e. The molecule has 0 spiro atoms. The Hall–Kier alpha value is -2.40. The Morgan fingerprint density at radius 2 is 1.94 bits per heavy atom. The smallest absolute Gasteiger partial charge is 0.168 e. The summed E-state index contributed by atoms with van der Waals surface area (Å²) in [5.41, 5.74) is 8.21. The number of fused-ring (bicyclic) bond motifs is 1. The lowest BCUT2D eigenvalue weighted by atomic mass is 10.2. The summed E-state index contributed by atoms with van der Waals surface area (Å²) in [6, 6.07) is 12.6. The van der Waals surface area contributed by atoms with E-state index in [1.165, 1.54) is 0 Å². The van der Waals surface area contributed by atoms with Gasteiger partial charge in [-0.05, 0) is 24.3 Å². The van der Waals surface area contributed by atoms with Crippen molar-refractivity contribution in [2.75, 3.05) is 0 Å². The van der Waals surface area contributed by atoms with E-state index in [2.05, 4.69) is 10.2 Å². The van der Waals surface area contributed by atoms with E-state index in [1.807, 2.05) is 28.7 Å². The van der Waals surface area contributed by atoms with E-state index in [0.717, 1.165) is 16.9 Å². The van der Waals surface area contributed by atoms with Gasteiger partial charge in [-0.25, -0.2) is 0 Å². The standard InChI is InChI=1S/C13H12N4O/c14-8-10-4-2-6-12-15-16-13(17(10)12)9-3-1-5-11(18)7-9/h1-7,18H,8,14H2. The summed E-state index contributed by atoms with van der Waals surface area (Å²) < 4.78 is 1.90. The first kappa shape index (κ1) is 10.7. The van der Waals surface area contributed by atoms with Crippen LogP contribution in [0.2, 0.25) is 0 Å². The lowest BCUT2D eigenvalue weighted by Gasteiger charge is -2.05. The normalized spacial score (nSPS) is 10.9. The van der Waals surface area contributed by atoms with Crippen LogP contribution in [-0.2, 0) is 6.54 Å². The number of rotatable bonds is 2. The van der Waals surface area contributed by atoms with Crippen LogP contribution in [0.3, 0.4) is 0 Å². The van der Waals surface area contributed by atoms with Gasteiger partial charge in [0.1, 0.15) is 5.75 Å². The molecular weight excluding hydrogens is 228 g/mol. The fourth-order valence-electron chi connectivity index (χ4n) is 2.00. The van der Waals surface area contributed by atoms with Gasteiger partial charge in [0.05, 0.1) is 0 Å². The molecule has 0 fully saturated rings. The lowest BCUT2D eigenvalue weighted by molar-refractivity contribution is 0.475. The van der Waals surface area contributed by atoms with Gasteiger partial charge in [-0.15, -0.1) is 10.2 Å². The highest BCUT2D eigenvalue weighted by Gasteiger charge is 2.10. The predicted molar refractivity (Wildman–Crippen MR) is 68.0 cm³/mol. The van der Waals surface area contributed by atoms with Gasteiger partial charge in [0.25, 0.3) is 0 Å². The van der Waals surface area contributed by atoms with Crippen LogP contribution in [0.1, 0.15) is 5.69 Å². The number of phenolic OH excluding ortho intramolecular Hbond substituents is 1. The molecule has 0 saturated carbocycles. The van der Waals surface area contributed by atoms with Crippen LogP contribution in [0.15, 0.2) is 42.5 Å². The third-order valence-corrected chi connectivity index (χ3v) is 2.82. The van der Waals surface area contributed by atoms with Crippen LogP contribution < -0.4 is 5.73 Å². The molecule has 3 aromatic rings. The minimum atomic E-state index is 0.203. The second-order valence-corrected chi connectivity index (χ2v) is 3.99. The Morgan fingerprint density at radius 3 is 2.72 bits per heavy atom. The molecule has 0 aliphatic carbocycles. The molecule has 90 valence electrons. The fourth-order valence-corrected chi connectivity index (χ4v) is 2.00. The Morgan fingerprint density at radius 1 is 1.11 bits per heavy atom. The van der Waals surface area contributed by atoms with E-state index in [1.54, 1.807) is 18.2 Å². The van der Waals surface area contributed by atoms with Gasteiger partial charge in [-0.1, -0.05) is 18.2 Å². The van der Waals surface area contributed by atoms with Crippen LogP contribution in [0.25, 0.3) is 17.0 Å². The summed E-state index contributed by atoms with van der Waals surface area (Å²) in [7, 11) is 0. The number of hydrogen-bond donors (Lipinski definition) is 2. The van der Waals surface area contributed by atoms with Gasteiger partial charge in [-0.3, -0.25) is 4.40 Å². The molecule has 0 aliphatic heterocycles. The van der Waals surface area contributed by atoms with Crippen molar-refractivity contribution in [1.82, 2.24) is 14.6 Å². The first-order valence-electron chi connectivity index (χ1n) is 5.62. The van der Waals surface area contributed by atoms with Gasteiger partial charge in [0.15, 0.2) is 11.5 Å². The molecule has 18 heavy (non-hydrogen) atoms. The number of hydrogen-bond acceptors (Lipinski definition) is 4. The molecule has 3 N–H and O–H groups in total. The Labute approximate surface area is 104 Å². The van der Waals surface area contributed by atoms with E-state index >= 15 is 0 Å². The van der Waals surface area contributed by atoms with Crippen LogP contribution in [-0.4, -0.2) is 19.7 Å². The zero-order chi connectivity index (χ0) is 12.5. The molecule has 1 aromatic carbocycles. The summed E-state index contributed by atoms with van der Waals surface area (Å²) in [5, 5.41) is 17.8. The predicted octanol–water partition coefficient (Wildman–Crippen LogP) is 1.56. The SMILES string of the molecule is NCc1cccc2nnc(-c3cccc(O)c3)n12. The molecule has 0 radical (unpaired) electrons. The molecule has 3 rings (SSSR count). The molecule has 0 saturated heterocycles. The molecule has 2 heterocycles. The Bertz CT molecular complexity index is 705. The van der Waals surface area contributed by atoms with E-state index in [-0.39, 0.29) is 5.75 Å². The average Bonchev–Trinajstić information content (AvgIpc) is 2.82. The van der Waals surface area contributed by atoms with Crippen LogP contribution in [0, 0.1) is 0 Å². The maximum atomic E-state index is 9.53. The Kier molecular flexibility index (Phi) is 2.46. The zero-order valence-electron chi connectivity index (χ0n) is 9.61. The maximum absolute atomic E-state index is 9.53. The third kappa shape index (κ3) is 1.61. The molecule has 0 bridgehead atoms. The zero-order valence-corrected chi connectivity index (χ0v) is 9.61. The van der Waals surface area contributed by atoms with Crippen molar-refractivity contribution < 1.29 is 5.11 Å². The van der Waals surface area contributed by atoms with E-state index in [4.69, 9.17) is 5.73 Å². The summed E-state index contributed by atoms with van der Waals surface area (Å²) in [6.07, 6.45) is 0. The van der Waals surface area contributed by atoms with Crippen molar-refractivity contribution in [2.24, 2.45) is 5.73 Å². The minimum Gasteiger partial charge on any atom is -0.508 e. The second-order valence-electron chi connectivity index (χ2n) is 3.99. The van der Waals surface area contributed by atoms with Crippen LogP contribution in [0.5, 0.6) is 5.75 Å². The number of aromatic nitrogens is 3. The molecule has 5 heteroatoms. The highest BCUT2D eigenvalue weighted by Crippen LogP contribution is 2.23. The monoisotopic (exact) mass is 240 g/mol. The fraction of sp³-hybridized carbons (Fsp3) is 0.0769. The number of benzene rings is 1. The molecular formula is C13H12N4O. The number of phenols is 1. The number of nitrogens with zero attached hydrogens (tertiary/aromatic N) is 3. The second kappa shape index (κ2) is 4.12. The largest absolute Gasteiger partial charge is 0.508 e. The summed E-state index contributed by atoms with van der Waals surface area (Å²) in [4.78, 5) is 0. The van der Waals surface area contributed by atoms with Gasteiger partial charge in [0.2, 0.25) is 0 Å². The molecule has 0 aliphatic rings.